The molecule has 5 nitrogen and oxygen atoms in total. The van der Waals surface area contributed by atoms with Crippen LogP contribution in [0.4, 0.5) is 0 Å². The van der Waals surface area contributed by atoms with Gasteiger partial charge in [0.1, 0.15) is 0 Å². The van der Waals surface area contributed by atoms with Crippen molar-refractivity contribution < 1.29 is 19.1 Å². The maximum Gasteiger partial charge on any atom is 0.396 e. The highest BCUT2D eigenvalue weighted by Gasteiger charge is 2.25. The fourth-order valence-electron chi connectivity index (χ4n) is 1.45. The van der Waals surface area contributed by atoms with Crippen LogP contribution < -0.4 is 5.32 Å². The summed E-state index contributed by atoms with van der Waals surface area (Å²) in [5, 5.41) is 2.53. The number of nitrogens with one attached hydrogen (secondary N) is 1. The van der Waals surface area contributed by atoms with Crippen molar-refractivity contribution in [1.29, 1.82) is 0 Å². The van der Waals surface area contributed by atoms with Crippen LogP contribution in [0, 0.1) is 0 Å². The van der Waals surface area contributed by atoms with Crippen molar-refractivity contribution in [3.63, 3.8) is 0 Å². The molecular weight excluding hydrogens is 186 g/mol. The van der Waals surface area contributed by atoms with Gasteiger partial charge in [-0.1, -0.05) is 0 Å². The van der Waals surface area contributed by atoms with Gasteiger partial charge < -0.3 is 14.8 Å². The highest BCUT2D eigenvalue weighted by Crippen LogP contribution is 2.15. The Hall–Kier alpha value is -1.10. The average molecular weight is 201 g/mol. The van der Waals surface area contributed by atoms with Crippen LogP contribution in [0.15, 0.2) is 0 Å². The van der Waals surface area contributed by atoms with Crippen LogP contribution in [0.2, 0.25) is 0 Å². The maximum absolute atomic E-state index is 11.1. The largest absolute Gasteiger partial charge is 0.462 e. The normalized spacial score (nSPS) is 22.9. The van der Waals surface area contributed by atoms with Crippen molar-refractivity contribution in [3.8, 4) is 0 Å². The van der Waals surface area contributed by atoms with Gasteiger partial charge in [-0.05, 0) is 19.8 Å². The third-order valence-electron chi connectivity index (χ3n) is 2.25. The van der Waals surface area contributed by atoms with Crippen molar-refractivity contribution in [3.05, 3.63) is 0 Å². The van der Waals surface area contributed by atoms with Crippen molar-refractivity contribution in [1.82, 2.24) is 5.32 Å². The van der Waals surface area contributed by atoms with E-state index in [1.165, 1.54) is 7.11 Å². The molecule has 1 fully saturated rings. The number of ether oxygens (including phenoxy) is 2. The summed E-state index contributed by atoms with van der Waals surface area (Å²) in [5.74, 6) is -1.58. The van der Waals surface area contributed by atoms with Crippen LogP contribution in [-0.2, 0) is 19.1 Å². The van der Waals surface area contributed by atoms with E-state index >= 15 is 0 Å². The zero-order valence-corrected chi connectivity index (χ0v) is 8.41. The van der Waals surface area contributed by atoms with Crippen molar-refractivity contribution in [2.45, 2.75) is 31.9 Å². The van der Waals surface area contributed by atoms with E-state index < -0.39 is 11.9 Å². The first kappa shape index (κ1) is 11.0. The molecule has 0 spiro atoms. The Morgan fingerprint density at radius 3 is 2.79 bits per heavy atom. The molecule has 0 aliphatic carbocycles. The van der Waals surface area contributed by atoms with E-state index in [-0.39, 0.29) is 12.1 Å². The summed E-state index contributed by atoms with van der Waals surface area (Å²) in [7, 11) is 1.18. The first-order chi connectivity index (χ1) is 6.65. The smallest absolute Gasteiger partial charge is 0.396 e. The summed E-state index contributed by atoms with van der Waals surface area (Å²) in [4.78, 5) is 21.9. The van der Waals surface area contributed by atoms with E-state index in [9.17, 15) is 9.59 Å². The fraction of sp³-hybridized carbons (Fsp3) is 0.778. The summed E-state index contributed by atoms with van der Waals surface area (Å²) in [6.45, 7) is 2.54. The molecule has 80 valence electrons. The van der Waals surface area contributed by atoms with E-state index in [0.717, 1.165) is 19.4 Å². The lowest BCUT2D eigenvalue weighted by molar-refractivity contribution is -0.153. The van der Waals surface area contributed by atoms with E-state index in [4.69, 9.17) is 4.74 Å². The van der Waals surface area contributed by atoms with Gasteiger partial charge in [0, 0.05) is 6.61 Å². The number of amides is 1. The van der Waals surface area contributed by atoms with E-state index in [1.807, 2.05) is 6.92 Å². The summed E-state index contributed by atoms with van der Waals surface area (Å²) in [5.41, 5.74) is 0. The quantitative estimate of drug-likeness (QED) is 0.498. The standard InChI is InChI=1S/C9H15NO4/c1-6(7-4-3-5-14-7)10-8(11)9(12)13-2/h6-7H,3-5H2,1-2H3,(H,10,11). The minimum Gasteiger partial charge on any atom is -0.462 e. The van der Waals surface area contributed by atoms with Gasteiger partial charge in [-0.25, -0.2) is 4.79 Å². The predicted molar refractivity (Wildman–Crippen MR) is 48.6 cm³/mol. The predicted octanol–water partition coefficient (Wildman–Crippen LogP) is -0.157. The molecule has 0 aromatic heterocycles. The van der Waals surface area contributed by atoms with Gasteiger partial charge >= 0.3 is 11.9 Å². The van der Waals surface area contributed by atoms with Gasteiger partial charge in [0.05, 0.1) is 19.3 Å². The zero-order valence-electron chi connectivity index (χ0n) is 8.41. The molecule has 0 aromatic rings. The molecule has 0 saturated carbocycles. The number of carbonyl (C=O) groups is 2. The van der Waals surface area contributed by atoms with Crippen LogP contribution in [0.1, 0.15) is 19.8 Å². The van der Waals surface area contributed by atoms with Gasteiger partial charge in [0.15, 0.2) is 0 Å². The van der Waals surface area contributed by atoms with Crippen LogP contribution in [-0.4, -0.2) is 37.7 Å². The third-order valence-corrected chi connectivity index (χ3v) is 2.25. The highest BCUT2D eigenvalue weighted by atomic mass is 16.5. The Morgan fingerprint density at radius 2 is 2.29 bits per heavy atom. The molecule has 14 heavy (non-hydrogen) atoms. The number of hydrogen-bond donors (Lipinski definition) is 1. The second kappa shape index (κ2) is 4.95. The maximum atomic E-state index is 11.1. The topological polar surface area (TPSA) is 64.6 Å². The van der Waals surface area contributed by atoms with Gasteiger partial charge in [-0.15, -0.1) is 0 Å². The Balaban J connectivity index is 2.35. The summed E-state index contributed by atoms with van der Waals surface area (Å²) >= 11 is 0. The zero-order chi connectivity index (χ0) is 10.6. The second-order valence-electron chi connectivity index (χ2n) is 3.31. The van der Waals surface area contributed by atoms with E-state index in [0.29, 0.717) is 0 Å². The Kier molecular flexibility index (Phi) is 3.88. The second-order valence-corrected chi connectivity index (χ2v) is 3.31. The summed E-state index contributed by atoms with van der Waals surface area (Å²) < 4.78 is 9.65. The van der Waals surface area contributed by atoms with Crippen LogP contribution in [0.3, 0.4) is 0 Å². The molecule has 1 saturated heterocycles. The first-order valence-electron chi connectivity index (χ1n) is 4.65. The Bertz CT molecular complexity index is 223. The van der Waals surface area contributed by atoms with Crippen LogP contribution in [0.25, 0.3) is 0 Å². The lowest BCUT2D eigenvalue weighted by Crippen LogP contribution is -2.44. The lowest BCUT2D eigenvalue weighted by atomic mass is 10.1. The van der Waals surface area contributed by atoms with Crippen molar-refractivity contribution in [2.75, 3.05) is 13.7 Å². The van der Waals surface area contributed by atoms with Crippen molar-refractivity contribution >= 4 is 11.9 Å². The number of methoxy groups -OCH3 is 1. The molecule has 0 aromatic carbocycles. The number of rotatable bonds is 2. The van der Waals surface area contributed by atoms with Crippen LogP contribution >= 0.6 is 0 Å². The summed E-state index contributed by atoms with van der Waals surface area (Å²) in [6, 6.07) is -0.149. The van der Waals surface area contributed by atoms with Gasteiger partial charge in [-0.2, -0.15) is 0 Å². The molecule has 5 heteroatoms. The lowest BCUT2D eigenvalue weighted by Gasteiger charge is -2.18. The molecule has 1 amide bonds. The Morgan fingerprint density at radius 1 is 1.57 bits per heavy atom. The third kappa shape index (κ3) is 2.70. The number of carbonyl (C=O) groups excluding carboxylic acids is 2. The molecule has 1 aliphatic rings. The molecule has 0 radical (unpaired) electrons. The number of esters is 1. The van der Waals surface area contributed by atoms with Gasteiger partial charge in [-0.3, -0.25) is 4.79 Å². The van der Waals surface area contributed by atoms with Crippen molar-refractivity contribution in [2.24, 2.45) is 0 Å². The monoisotopic (exact) mass is 201 g/mol. The Labute approximate surface area is 82.8 Å². The van der Waals surface area contributed by atoms with Gasteiger partial charge in [0.25, 0.3) is 0 Å². The molecule has 1 heterocycles. The van der Waals surface area contributed by atoms with Gasteiger partial charge in [0.2, 0.25) is 0 Å². The minimum absolute atomic E-state index is 0.0172. The van der Waals surface area contributed by atoms with E-state index in [1.54, 1.807) is 0 Å². The van der Waals surface area contributed by atoms with Crippen LogP contribution in [0.5, 0.6) is 0 Å². The molecule has 0 bridgehead atoms. The molecule has 2 atom stereocenters. The molecule has 1 rings (SSSR count). The minimum atomic E-state index is -0.866. The van der Waals surface area contributed by atoms with E-state index in [2.05, 4.69) is 10.1 Å². The highest BCUT2D eigenvalue weighted by molar-refractivity contribution is 6.32. The molecule has 1 N–H and O–H groups in total. The fourth-order valence-corrected chi connectivity index (χ4v) is 1.45. The average Bonchev–Trinajstić information content (AvgIpc) is 2.69. The summed E-state index contributed by atoms with van der Waals surface area (Å²) in [6.07, 6.45) is 1.94. The molecule has 2 unspecified atom stereocenters. The molecular formula is C9H15NO4. The molecule has 1 aliphatic heterocycles. The SMILES string of the molecule is COC(=O)C(=O)NC(C)C1CCCO1. The number of hydrogen-bond acceptors (Lipinski definition) is 4. The first-order valence-corrected chi connectivity index (χ1v) is 4.65.